The second-order valence-electron chi connectivity index (χ2n) is 4.34. The molecule has 0 aliphatic carbocycles. The third-order valence-corrected chi connectivity index (χ3v) is 2.81. The third-order valence-electron chi connectivity index (χ3n) is 2.81. The Hall–Kier alpha value is -1.88. The molecule has 1 heterocycles. The molecule has 0 bridgehead atoms. The van der Waals surface area contributed by atoms with Crippen molar-refractivity contribution in [2.24, 2.45) is 0 Å². The number of benzene rings is 1. The number of methoxy groups -OCH3 is 1. The summed E-state index contributed by atoms with van der Waals surface area (Å²) in [6.45, 7) is 3.78. The summed E-state index contributed by atoms with van der Waals surface area (Å²) in [7, 11) is 1.61. The zero-order chi connectivity index (χ0) is 12.6. The van der Waals surface area contributed by atoms with Gasteiger partial charge in [-0.2, -0.15) is 0 Å². The maximum Gasteiger partial charge on any atom is 0.335 e. The van der Waals surface area contributed by atoms with E-state index in [9.17, 15) is 4.79 Å². The topological polar surface area (TPSA) is 75.2 Å². The predicted octanol–water partition coefficient (Wildman–Crippen LogP) is 2.14. The number of carboxylic acids is 1. The van der Waals surface area contributed by atoms with E-state index in [4.69, 9.17) is 9.84 Å². The van der Waals surface area contributed by atoms with E-state index in [0.717, 1.165) is 5.52 Å². The minimum absolute atomic E-state index is 0.239. The van der Waals surface area contributed by atoms with Gasteiger partial charge in [0.15, 0.2) is 0 Å². The number of hydrogen-bond donors (Lipinski definition) is 2. The molecule has 1 aromatic heterocycles. The number of nitrogens with one attached hydrogen (secondary N) is 1. The minimum Gasteiger partial charge on any atom is -0.478 e. The first-order valence-electron chi connectivity index (χ1n) is 5.23. The van der Waals surface area contributed by atoms with E-state index in [2.05, 4.69) is 9.97 Å². The zero-order valence-corrected chi connectivity index (χ0v) is 9.94. The predicted molar refractivity (Wildman–Crippen MR) is 63.1 cm³/mol. The number of fused-ring (bicyclic) bond motifs is 1. The smallest absolute Gasteiger partial charge is 0.335 e. The Labute approximate surface area is 98.4 Å². The minimum atomic E-state index is -0.950. The van der Waals surface area contributed by atoms with Crippen LogP contribution in [0.5, 0.6) is 0 Å². The highest BCUT2D eigenvalue weighted by Gasteiger charge is 2.23. The van der Waals surface area contributed by atoms with Crippen LogP contribution in [0.3, 0.4) is 0 Å². The molecule has 0 aliphatic rings. The van der Waals surface area contributed by atoms with Crippen molar-refractivity contribution in [1.29, 1.82) is 0 Å². The monoisotopic (exact) mass is 234 g/mol. The van der Waals surface area contributed by atoms with Crippen molar-refractivity contribution in [2.75, 3.05) is 7.11 Å². The molecule has 1 aromatic carbocycles. The Balaban J connectivity index is 2.54. The molecule has 0 saturated carbocycles. The Morgan fingerprint density at radius 3 is 2.76 bits per heavy atom. The van der Waals surface area contributed by atoms with Crippen molar-refractivity contribution in [1.82, 2.24) is 9.97 Å². The molecule has 2 rings (SSSR count). The number of rotatable bonds is 3. The lowest BCUT2D eigenvalue weighted by atomic mass is 10.1. The average Bonchev–Trinajstić information content (AvgIpc) is 2.72. The van der Waals surface area contributed by atoms with Gasteiger partial charge >= 0.3 is 5.97 Å². The molecular formula is C12H14N2O3. The summed E-state index contributed by atoms with van der Waals surface area (Å²) in [6, 6.07) is 4.79. The van der Waals surface area contributed by atoms with E-state index in [0.29, 0.717) is 11.3 Å². The second-order valence-corrected chi connectivity index (χ2v) is 4.34. The molecule has 17 heavy (non-hydrogen) atoms. The van der Waals surface area contributed by atoms with E-state index in [1.807, 2.05) is 13.8 Å². The quantitative estimate of drug-likeness (QED) is 0.853. The highest BCUT2D eigenvalue weighted by atomic mass is 16.5. The van der Waals surface area contributed by atoms with Crippen LogP contribution in [0.15, 0.2) is 18.2 Å². The molecule has 0 fully saturated rings. The van der Waals surface area contributed by atoms with Gasteiger partial charge in [-0.15, -0.1) is 0 Å². The van der Waals surface area contributed by atoms with Gasteiger partial charge in [-0.1, -0.05) is 0 Å². The van der Waals surface area contributed by atoms with Crippen LogP contribution >= 0.6 is 0 Å². The molecule has 0 saturated heterocycles. The number of H-pyrrole nitrogens is 1. The van der Waals surface area contributed by atoms with Crippen LogP contribution in [0.2, 0.25) is 0 Å². The molecule has 0 amide bonds. The fraction of sp³-hybridized carbons (Fsp3) is 0.333. The van der Waals surface area contributed by atoms with Gasteiger partial charge in [-0.05, 0) is 32.0 Å². The largest absolute Gasteiger partial charge is 0.478 e. The van der Waals surface area contributed by atoms with Crippen molar-refractivity contribution >= 4 is 17.0 Å². The number of carbonyl (C=O) groups is 1. The van der Waals surface area contributed by atoms with Gasteiger partial charge in [0.25, 0.3) is 0 Å². The Bertz CT molecular complexity index is 572. The lowest BCUT2D eigenvalue weighted by molar-refractivity contribution is 0.0124. The first-order chi connectivity index (χ1) is 7.94. The van der Waals surface area contributed by atoms with Crippen LogP contribution in [0.4, 0.5) is 0 Å². The molecule has 5 nitrogen and oxygen atoms in total. The standard InChI is InChI=1S/C12H14N2O3/c1-12(2,17-3)11-13-8-5-4-7(10(15)16)6-9(8)14-11/h4-6H,1-3H3,(H,13,14)(H,15,16). The van der Waals surface area contributed by atoms with Crippen molar-refractivity contribution in [3.8, 4) is 0 Å². The summed E-state index contributed by atoms with van der Waals surface area (Å²) in [5.74, 6) is -0.272. The zero-order valence-electron chi connectivity index (χ0n) is 9.94. The van der Waals surface area contributed by atoms with Crippen LogP contribution in [0, 0.1) is 0 Å². The van der Waals surface area contributed by atoms with Crippen molar-refractivity contribution in [2.45, 2.75) is 19.4 Å². The average molecular weight is 234 g/mol. The molecular weight excluding hydrogens is 220 g/mol. The molecule has 0 unspecified atom stereocenters. The van der Waals surface area contributed by atoms with Crippen LogP contribution in [-0.2, 0) is 10.3 Å². The Kier molecular flexibility index (Phi) is 2.63. The fourth-order valence-corrected chi connectivity index (χ4v) is 1.52. The summed E-state index contributed by atoms with van der Waals surface area (Å²) < 4.78 is 5.32. The summed E-state index contributed by atoms with van der Waals surface area (Å²) in [4.78, 5) is 18.3. The molecule has 5 heteroatoms. The SMILES string of the molecule is COC(C)(C)c1nc2ccc(C(=O)O)cc2[nH]1. The molecule has 0 aliphatic heterocycles. The van der Waals surface area contributed by atoms with Gasteiger partial charge in [0.1, 0.15) is 11.4 Å². The van der Waals surface area contributed by atoms with Gasteiger partial charge in [0.2, 0.25) is 0 Å². The summed E-state index contributed by atoms with van der Waals surface area (Å²) >= 11 is 0. The van der Waals surface area contributed by atoms with Crippen LogP contribution < -0.4 is 0 Å². The molecule has 90 valence electrons. The van der Waals surface area contributed by atoms with E-state index in [1.54, 1.807) is 19.2 Å². The van der Waals surface area contributed by atoms with E-state index in [-0.39, 0.29) is 5.56 Å². The molecule has 0 radical (unpaired) electrons. The van der Waals surface area contributed by atoms with Crippen LogP contribution in [-0.4, -0.2) is 28.2 Å². The maximum atomic E-state index is 10.8. The maximum absolute atomic E-state index is 10.8. The van der Waals surface area contributed by atoms with Gasteiger partial charge in [-0.25, -0.2) is 9.78 Å². The number of aromatic carboxylic acids is 1. The van der Waals surface area contributed by atoms with E-state index < -0.39 is 11.6 Å². The lowest BCUT2D eigenvalue weighted by Gasteiger charge is -2.19. The summed E-state index contributed by atoms with van der Waals surface area (Å²) in [5.41, 5.74) is 1.14. The van der Waals surface area contributed by atoms with Crippen molar-refractivity contribution in [3.63, 3.8) is 0 Å². The number of aromatic amines is 1. The first kappa shape index (κ1) is 11.6. The van der Waals surface area contributed by atoms with Gasteiger partial charge in [0, 0.05) is 7.11 Å². The van der Waals surface area contributed by atoms with Gasteiger partial charge < -0.3 is 14.8 Å². The molecule has 0 atom stereocenters. The Morgan fingerprint density at radius 1 is 1.47 bits per heavy atom. The lowest BCUT2D eigenvalue weighted by Crippen LogP contribution is -2.21. The first-order valence-corrected chi connectivity index (χ1v) is 5.23. The second kappa shape index (κ2) is 3.85. The number of hydrogen-bond acceptors (Lipinski definition) is 3. The number of carboxylic acid groups (broad SMARTS) is 1. The van der Waals surface area contributed by atoms with Crippen molar-refractivity contribution < 1.29 is 14.6 Å². The molecule has 2 aromatic rings. The summed E-state index contributed by atoms with van der Waals surface area (Å²) in [6.07, 6.45) is 0. The third kappa shape index (κ3) is 2.01. The highest BCUT2D eigenvalue weighted by Crippen LogP contribution is 2.24. The van der Waals surface area contributed by atoms with Gasteiger partial charge in [-0.3, -0.25) is 0 Å². The van der Waals surface area contributed by atoms with Crippen molar-refractivity contribution in [3.05, 3.63) is 29.6 Å². The van der Waals surface area contributed by atoms with Crippen LogP contribution in [0.1, 0.15) is 30.0 Å². The Morgan fingerprint density at radius 2 is 2.18 bits per heavy atom. The summed E-state index contributed by atoms with van der Waals surface area (Å²) in [5, 5.41) is 8.90. The number of nitrogens with zero attached hydrogens (tertiary/aromatic N) is 1. The van der Waals surface area contributed by atoms with Gasteiger partial charge in [0.05, 0.1) is 16.6 Å². The van der Waals surface area contributed by atoms with Crippen LogP contribution in [0.25, 0.3) is 11.0 Å². The van der Waals surface area contributed by atoms with E-state index in [1.165, 1.54) is 6.07 Å². The van der Waals surface area contributed by atoms with E-state index >= 15 is 0 Å². The number of imidazole rings is 1. The molecule has 2 N–H and O–H groups in total. The normalized spacial score (nSPS) is 11.9. The highest BCUT2D eigenvalue weighted by molar-refractivity contribution is 5.92. The number of ether oxygens (including phenoxy) is 1. The fourth-order valence-electron chi connectivity index (χ4n) is 1.52. The number of aromatic nitrogens is 2. The molecule has 0 spiro atoms.